The highest BCUT2D eigenvalue weighted by atomic mass is 16.5. The molecule has 0 aromatic heterocycles. The summed E-state index contributed by atoms with van der Waals surface area (Å²) in [5.74, 6) is 2.26. The van der Waals surface area contributed by atoms with Gasteiger partial charge < -0.3 is 19.1 Å². The maximum atomic E-state index is 12.1. The maximum absolute atomic E-state index is 12.1. The van der Waals surface area contributed by atoms with Crippen LogP contribution in [0.4, 0.5) is 0 Å². The highest BCUT2D eigenvalue weighted by molar-refractivity contribution is 5.75. The molecule has 0 saturated carbocycles. The molecule has 0 aliphatic carbocycles. The van der Waals surface area contributed by atoms with Gasteiger partial charge in [0.15, 0.2) is 11.5 Å². The second-order valence-electron chi connectivity index (χ2n) is 8.31. The summed E-state index contributed by atoms with van der Waals surface area (Å²) in [5, 5.41) is 0. The second kappa shape index (κ2) is 9.14. The Bertz CT molecular complexity index is 669. The number of methoxy groups -OCH3 is 2. The number of hydrogen-bond acceptors (Lipinski definition) is 5. The van der Waals surface area contributed by atoms with Crippen LogP contribution in [0.3, 0.4) is 0 Å². The lowest BCUT2D eigenvalue weighted by Crippen LogP contribution is -2.49. The number of amides is 1. The number of ether oxygens (including phenoxy) is 3. The molecule has 2 aliphatic rings. The summed E-state index contributed by atoms with van der Waals surface area (Å²) < 4.78 is 17.3. The molecule has 2 aliphatic heterocycles. The molecule has 0 radical (unpaired) electrons. The van der Waals surface area contributed by atoms with Crippen LogP contribution in [0.1, 0.15) is 37.7 Å². The fourth-order valence-corrected chi connectivity index (χ4v) is 4.52. The van der Waals surface area contributed by atoms with Gasteiger partial charge in [0.1, 0.15) is 0 Å². The van der Waals surface area contributed by atoms with Crippen LogP contribution < -0.4 is 9.47 Å². The molecule has 1 unspecified atom stereocenters. The van der Waals surface area contributed by atoms with Crippen molar-refractivity contribution in [1.29, 1.82) is 0 Å². The third-order valence-corrected chi connectivity index (χ3v) is 6.20. The molecule has 1 atom stereocenters. The van der Waals surface area contributed by atoms with E-state index in [0.29, 0.717) is 12.3 Å². The van der Waals surface area contributed by atoms with E-state index in [0.717, 1.165) is 69.0 Å². The minimum Gasteiger partial charge on any atom is -0.493 e. The molecule has 3 rings (SSSR count). The summed E-state index contributed by atoms with van der Waals surface area (Å²) in [6.45, 7) is 3.61. The molecule has 1 aromatic rings. The monoisotopic (exact) mass is 390 g/mol. The third kappa shape index (κ3) is 4.78. The summed E-state index contributed by atoms with van der Waals surface area (Å²) in [7, 11) is 7.03. The Labute approximate surface area is 168 Å². The number of carbonyl (C=O) groups is 1. The summed E-state index contributed by atoms with van der Waals surface area (Å²) in [4.78, 5) is 16.3. The first-order chi connectivity index (χ1) is 13.5. The normalized spacial score (nSPS) is 22.1. The van der Waals surface area contributed by atoms with Crippen LogP contribution in [-0.4, -0.2) is 69.3 Å². The summed E-state index contributed by atoms with van der Waals surface area (Å²) >= 11 is 0. The van der Waals surface area contributed by atoms with Gasteiger partial charge in [-0.05, 0) is 37.7 Å². The van der Waals surface area contributed by atoms with Crippen molar-refractivity contribution in [3.05, 3.63) is 23.8 Å². The van der Waals surface area contributed by atoms with E-state index in [1.165, 1.54) is 0 Å². The average molecular weight is 391 g/mol. The van der Waals surface area contributed by atoms with Gasteiger partial charge >= 0.3 is 0 Å². The van der Waals surface area contributed by atoms with Crippen LogP contribution in [0.15, 0.2) is 18.2 Å². The maximum Gasteiger partial charge on any atom is 0.222 e. The SMILES string of the molecule is COc1cccc(CN2CCC3(CC2)CC(CC(=O)N(C)C)CCO3)c1OC. The number of hydrogen-bond donors (Lipinski definition) is 0. The topological polar surface area (TPSA) is 51.2 Å². The van der Waals surface area contributed by atoms with Gasteiger partial charge in [-0.2, -0.15) is 0 Å². The second-order valence-corrected chi connectivity index (χ2v) is 8.31. The predicted octanol–water partition coefficient (Wildman–Crippen LogP) is 2.94. The van der Waals surface area contributed by atoms with Crippen LogP contribution in [0.2, 0.25) is 0 Å². The first kappa shape index (κ1) is 20.9. The molecule has 2 saturated heterocycles. The Morgan fingerprint density at radius 2 is 2.00 bits per heavy atom. The van der Waals surface area contributed by atoms with Gasteiger partial charge in [0.25, 0.3) is 0 Å². The first-order valence-corrected chi connectivity index (χ1v) is 10.2. The molecule has 0 N–H and O–H groups in total. The van der Waals surface area contributed by atoms with Crippen LogP contribution in [0, 0.1) is 5.92 Å². The van der Waals surface area contributed by atoms with Crippen LogP contribution >= 0.6 is 0 Å². The molecular formula is C22H34N2O4. The zero-order valence-electron chi connectivity index (χ0n) is 17.7. The van der Waals surface area contributed by atoms with E-state index in [4.69, 9.17) is 14.2 Å². The quantitative estimate of drug-likeness (QED) is 0.748. The van der Waals surface area contributed by atoms with Gasteiger partial charge in [0, 0.05) is 52.3 Å². The van der Waals surface area contributed by atoms with Crippen molar-refractivity contribution in [3.8, 4) is 11.5 Å². The van der Waals surface area contributed by atoms with Crippen LogP contribution in [-0.2, 0) is 16.1 Å². The first-order valence-electron chi connectivity index (χ1n) is 10.2. The fraction of sp³-hybridized carbons (Fsp3) is 0.682. The Morgan fingerprint density at radius 3 is 2.64 bits per heavy atom. The van der Waals surface area contributed by atoms with E-state index in [2.05, 4.69) is 11.0 Å². The van der Waals surface area contributed by atoms with E-state index in [9.17, 15) is 4.79 Å². The Balaban J connectivity index is 1.58. The highest BCUT2D eigenvalue weighted by Gasteiger charge is 2.40. The van der Waals surface area contributed by atoms with Gasteiger partial charge in [-0.3, -0.25) is 9.69 Å². The molecule has 1 amide bonds. The molecule has 156 valence electrons. The lowest BCUT2D eigenvalue weighted by molar-refractivity contribution is -0.140. The molecule has 6 nitrogen and oxygen atoms in total. The lowest BCUT2D eigenvalue weighted by atomic mass is 9.78. The number of likely N-dealkylation sites (tertiary alicyclic amines) is 1. The van der Waals surface area contributed by atoms with Crippen LogP contribution in [0.5, 0.6) is 11.5 Å². The third-order valence-electron chi connectivity index (χ3n) is 6.20. The van der Waals surface area contributed by atoms with Crippen molar-refractivity contribution in [2.75, 3.05) is 48.0 Å². The summed E-state index contributed by atoms with van der Waals surface area (Å²) in [5.41, 5.74) is 1.10. The van der Waals surface area contributed by atoms with Gasteiger partial charge in [0.05, 0.1) is 19.8 Å². The Morgan fingerprint density at radius 1 is 1.25 bits per heavy atom. The average Bonchev–Trinajstić information content (AvgIpc) is 2.69. The number of nitrogens with zero attached hydrogens (tertiary/aromatic N) is 2. The molecule has 2 fully saturated rings. The summed E-state index contributed by atoms with van der Waals surface area (Å²) in [6.07, 6.45) is 4.68. The molecule has 28 heavy (non-hydrogen) atoms. The molecule has 1 spiro atoms. The van der Waals surface area contributed by atoms with Gasteiger partial charge in [-0.1, -0.05) is 12.1 Å². The van der Waals surface area contributed by atoms with E-state index in [1.54, 1.807) is 19.1 Å². The number of para-hydroxylation sites is 1. The summed E-state index contributed by atoms with van der Waals surface area (Å²) in [6, 6.07) is 6.04. The van der Waals surface area contributed by atoms with Crippen LogP contribution in [0.25, 0.3) is 0 Å². The predicted molar refractivity (Wildman–Crippen MR) is 109 cm³/mol. The number of benzene rings is 1. The standard InChI is InChI=1S/C22H34N2O4/c1-23(2)20(25)14-17-8-13-28-22(15-17)9-11-24(12-10-22)16-18-6-5-7-19(26-3)21(18)27-4/h5-7,17H,8-16H2,1-4H3. The van der Waals surface area contributed by atoms with Crippen molar-refractivity contribution >= 4 is 5.91 Å². The molecular weight excluding hydrogens is 356 g/mol. The van der Waals surface area contributed by atoms with E-state index >= 15 is 0 Å². The Hall–Kier alpha value is -1.79. The van der Waals surface area contributed by atoms with E-state index in [1.807, 2.05) is 26.2 Å². The number of piperidine rings is 1. The van der Waals surface area contributed by atoms with Crippen molar-refractivity contribution in [2.24, 2.45) is 5.92 Å². The number of carbonyl (C=O) groups excluding carboxylic acids is 1. The van der Waals surface area contributed by atoms with Crippen molar-refractivity contribution in [3.63, 3.8) is 0 Å². The van der Waals surface area contributed by atoms with E-state index < -0.39 is 0 Å². The van der Waals surface area contributed by atoms with Crippen molar-refractivity contribution in [2.45, 2.75) is 44.2 Å². The van der Waals surface area contributed by atoms with Crippen molar-refractivity contribution < 1.29 is 19.0 Å². The van der Waals surface area contributed by atoms with Gasteiger partial charge in [0.2, 0.25) is 5.91 Å². The fourth-order valence-electron chi connectivity index (χ4n) is 4.52. The largest absolute Gasteiger partial charge is 0.493 e. The molecule has 0 bridgehead atoms. The van der Waals surface area contributed by atoms with E-state index in [-0.39, 0.29) is 11.5 Å². The smallest absolute Gasteiger partial charge is 0.222 e. The molecule has 6 heteroatoms. The molecule has 1 aromatic carbocycles. The van der Waals surface area contributed by atoms with Gasteiger partial charge in [-0.15, -0.1) is 0 Å². The number of rotatable bonds is 6. The lowest BCUT2D eigenvalue weighted by Gasteiger charge is -2.46. The zero-order valence-corrected chi connectivity index (χ0v) is 17.7. The molecule has 2 heterocycles. The minimum absolute atomic E-state index is 0.0511. The highest BCUT2D eigenvalue weighted by Crippen LogP contribution is 2.40. The van der Waals surface area contributed by atoms with Gasteiger partial charge in [-0.25, -0.2) is 0 Å². The minimum atomic E-state index is -0.0511. The zero-order chi connectivity index (χ0) is 20.1. The Kier molecular flexibility index (Phi) is 6.83. The van der Waals surface area contributed by atoms with Crippen molar-refractivity contribution in [1.82, 2.24) is 9.80 Å².